The molecule has 154 valence electrons. The van der Waals surface area contributed by atoms with Crippen LogP contribution in [0.25, 0.3) is 10.2 Å². The van der Waals surface area contributed by atoms with Gasteiger partial charge in [0.2, 0.25) is 15.3 Å². The summed E-state index contributed by atoms with van der Waals surface area (Å²) in [6.07, 6.45) is 0.709. The van der Waals surface area contributed by atoms with Crippen molar-refractivity contribution in [2.75, 3.05) is 50.0 Å². The molecule has 1 N–H and O–H groups in total. The maximum absolute atomic E-state index is 12.1. The first-order valence-electron chi connectivity index (χ1n) is 9.33. The molecule has 0 atom stereocenters. The first kappa shape index (κ1) is 20.2. The normalized spacial score (nSPS) is 21.3. The van der Waals surface area contributed by atoms with Gasteiger partial charge in [-0.25, -0.2) is 17.7 Å². The Labute approximate surface area is 173 Å². The van der Waals surface area contributed by atoms with E-state index in [1.165, 1.54) is 15.6 Å². The third-order valence-corrected chi connectivity index (χ3v) is 8.77. The van der Waals surface area contributed by atoms with Gasteiger partial charge in [0.15, 0.2) is 5.82 Å². The maximum Gasteiger partial charge on any atom is 0.224 e. The van der Waals surface area contributed by atoms with Gasteiger partial charge in [0.05, 0.1) is 29.2 Å². The van der Waals surface area contributed by atoms with Crippen LogP contribution in [-0.4, -0.2) is 72.9 Å². The van der Waals surface area contributed by atoms with Crippen molar-refractivity contribution in [3.05, 3.63) is 16.2 Å². The summed E-state index contributed by atoms with van der Waals surface area (Å²) in [5, 5.41) is 11.4. The Balaban J connectivity index is 1.65. The molecule has 2 aromatic heterocycles. The molecule has 28 heavy (non-hydrogen) atoms. The highest BCUT2D eigenvalue weighted by Gasteiger charge is 2.39. The number of hydrogen-bond acceptors (Lipinski definition) is 8. The number of morpholine rings is 1. The maximum atomic E-state index is 12.1. The van der Waals surface area contributed by atoms with Crippen molar-refractivity contribution >= 4 is 49.0 Å². The number of nitrogens with zero attached hydrogens (tertiary/aromatic N) is 4. The molecule has 0 unspecified atom stereocenters. The molecule has 2 aliphatic rings. The van der Waals surface area contributed by atoms with Gasteiger partial charge in [0.25, 0.3) is 0 Å². The van der Waals surface area contributed by atoms with Crippen LogP contribution in [0.5, 0.6) is 0 Å². The lowest BCUT2D eigenvalue weighted by atomic mass is 9.91. The highest BCUT2D eigenvalue weighted by atomic mass is 35.5. The van der Waals surface area contributed by atoms with E-state index in [0.29, 0.717) is 44.7 Å². The summed E-state index contributed by atoms with van der Waals surface area (Å²) in [6, 6.07) is 1.86. The molecule has 0 aliphatic carbocycles. The zero-order chi connectivity index (χ0) is 19.9. The van der Waals surface area contributed by atoms with E-state index in [1.807, 2.05) is 6.07 Å². The minimum absolute atomic E-state index is 0.0747. The fourth-order valence-corrected chi connectivity index (χ4v) is 6.20. The van der Waals surface area contributed by atoms with Gasteiger partial charge in [-0.2, -0.15) is 4.98 Å². The molecule has 0 aromatic carbocycles. The Bertz CT molecular complexity index is 967. The summed E-state index contributed by atoms with van der Waals surface area (Å²) in [5.41, 5.74) is -0.363. The molecule has 0 amide bonds. The molecule has 0 radical (unpaired) electrons. The minimum atomic E-state index is -3.24. The van der Waals surface area contributed by atoms with Crippen LogP contribution in [0.2, 0.25) is 5.28 Å². The van der Waals surface area contributed by atoms with E-state index >= 15 is 0 Å². The number of anilines is 1. The van der Waals surface area contributed by atoms with Crippen LogP contribution < -0.4 is 4.90 Å². The summed E-state index contributed by atoms with van der Waals surface area (Å²) < 4.78 is 32.0. The van der Waals surface area contributed by atoms with Gasteiger partial charge in [0.1, 0.15) is 5.60 Å². The van der Waals surface area contributed by atoms with Crippen molar-refractivity contribution in [3.63, 3.8) is 0 Å². The van der Waals surface area contributed by atoms with Gasteiger partial charge in [0, 0.05) is 31.1 Å². The Hall–Kier alpha value is -1.04. The Morgan fingerprint density at radius 2 is 1.93 bits per heavy atom. The molecular formula is C17H23ClN4O4S2. The molecule has 4 heterocycles. The SMILES string of the molecule is CCS(=O)(=O)N1CCC(O)(c2cc3nc(Cl)nc(N4CCOCC4)c3s2)CC1. The Kier molecular flexibility index (Phi) is 5.54. The van der Waals surface area contributed by atoms with Gasteiger partial charge in [-0.15, -0.1) is 11.3 Å². The van der Waals surface area contributed by atoms with Gasteiger partial charge in [-0.1, -0.05) is 0 Å². The molecule has 0 saturated carbocycles. The van der Waals surface area contributed by atoms with E-state index in [-0.39, 0.29) is 11.0 Å². The van der Waals surface area contributed by atoms with E-state index in [9.17, 15) is 13.5 Å². The molecule has 2 fully saturated rings. The van der Waals surface area contributed by atoms with E-state index in [4.69, 9.17) is 16.3 Å². The topological polar surface area (TPSA) is 95.9 Å². The quantitative estimate of drug-likeness (QED) is 0.715. The predicted molar refractivity (Wildman–Crippen MR) is 110 cm³/mol. The van der Waals surface area contributed by atoms with E-state index in [2.05, 4.69) is 14.9 Å². The fraction of sp³-hybridized carbons (Fsp3) is 0.647. The number of hydrogen-bond donors (Lipinski definition) is 1. The van der Waals surface area contributed by atoms with Crippen molar-refractivity contribution in [1.82, 2.24) is 14.3 Å². The van der Waals surface area contributed by atoms with Crippen molar-refractivity contribution in [2.24, 2.45) is 0 Å². The van der Waals surface area contributed by atoms with Gasteiger partial charge in [-0.3, -0.25) is 0 Å². The highest BCUT2D eigenvalue weighted by molar-refractivity contribution is 7.89. The predicted octanol–water partition coefficient (Wildman–Crippen LogP) is 1.81. The van der Waals surface area contributed by atoms with Crippen LogP contribution >= 0.6 is 22.9 Å². The average Bonchev–Trinajstić information content (AvgIpc) is 3.13. The Morgan fingerprint density at radius 3 is 2.57 bits per heavy atom. The first-order valence-corrected chi connectivity index (χ1v) is 12.1. The summed E-state index contributed by atoms with van der Waals surface area (Å²) in [7, 11) is -3.24. The number of ether oxygens (including phenoxy) is 1. The third-order valence-electron chi connectivity index (χ3n) is 5.40. The molecule has 2 aliphatic heterocycles. The largest absolute Gasteiger partial charge is 0.384 e. The van der Waals surface area contributed by atoms with E-state index in [0.717, 1.165) is 28.5 Å². The van der Waals surface area contributed by atoms with E-state index in [1.54, 1.807) is 6.92 Å². The number of thiophene rings is 1. The molecule has 0 spiro atoms. The number of aromatic nitrogens is 2. The average molecular weight is 447 g/mol. The lowest BCUT2D eigenvalue weighted by Crippen LogP contribution is -2.45. The lowest BCUT2D eigenvalue weighted by molar-refractivity contribution is -0.00626. The Morgan fingerprint density at radius 1 is 1.25 bits per heavy atom. The monoisotopic (exact) mass is 446 g/mol. The van der Waals surface area contributed by atoms with Crippen LogP contribution in [0.4, 0.5) is 5.82 Å². The number of sulfonamides is 1. The minimum Gasteiger partial charge on any atom is -0.384 e. The second kappa shape index (κ2) is 7.66. The number of piperidine rings is 1. The fourth-order valence-electron chi connectivity index (χ4n) is 3.67. The van der Waals surface area contributed by atoms with Crippen molar-refractivity contribution in [2.45, 2.75) is 25.4 Å². The van der Waals surface area contributed by atoms with Crippen molar-refractivity contribution in [3.8, 4) is 0 Å². The van der Waals surface area contributed by atoms with Crippen LogP contribution in [0.15, 0.2) is 6.07 Å². The smallest absolute Gasteiger partial charge is 0.224 e. The number of rotatable bonds is 4. The molecule has 8 nitrogen and oxygen atoms in total. The van der Waals surface area contributed by atoms with Gasteiger partial charge >= 0.3 is 0 Å². The standard InChI is InChI=1S/C17H23ClN4O4S2/c1-2-28(24,25)22-5-3-17(23,4-6-22)13-11-12-14(27-13)15(20-16(18)19-12)21-7-9-26-10-8-21/h11,23H,2-10H2,1H3. The van der Waals surface area contributed by atoms with E-state index < -0.39 is 15.6 Å². The second-order valence-electron chi connectivity index (χ2n) is 7.07. The lowest BCUT2D eigenvalue weighted by Gasteiger charge is -2.36. The molecular weight excluding hydrogens is 424 g/mol. The second-order valence-corrected chi connectivity index (χ2v) is 10.7. The van der Waals surface area contributed by atoms with Crippen molar-refractivity contribution in [1.29, 1.82) is 0 Å². The van der Waals surface area contributed by atoms with Crippen LogP contribution in [-0.2, 0) is 20.4 Å². The zero-order valence-electron chi connectivity index (χ0n) is 15.6. The van der Waals surface area contributed by atoms with Crippen LogP contribution in [0, 0.1) is 0 Å². The molecule has 11 heteroatoms. The number of fused-ring (bicyclic) bond motifs is 1. The highest BCUT2D eigenvalue weighted by Crippen LogP contribution is 2.42. The zero-order valence-corrected chi connectivity index (χ0v) is 18.0. The van der Waals surface area contributed by atoms with Gasteiger partial charge in [-0.05, 0) is 37.4 Å². The number of aliphatic hydroxyl groups is 1. The molecule has 2 aromatic rings. The molecule has 0 bridgehead atoms. The summed E-state index contributed by atoms with van der Waals surface area (Å²) >= 11 is 7.61. The third kappa shape index (κ3) is 3.73. The van der Waals surface area contributed by atoms with Crippen LogP contribution in [0.3, 0.4) is 0 Å². The first-order chi connectivity index (χ1) is 13.3. The van der Waals surface area contributed by atoms with Crippen LogP contribution in [0.1, 0.15) is 24.6 Å². The van der Waals surface area contributed by atoms with Crippen molar-refractivity contribution < 1.29 is 18.3 Å². The van der Waals surface area contributed by atoms with Gasteiger partial charge < -0.3 is 14.7 Å². The summed E-state index contributed by atoms with van der Waals surface area (Å²) in [5.74, 6) is 0.842. The summed E-state index contributed by atoms with van der Waals surface area (Å²) in [6.45, 7) is 4.97. The number of halogens is 1. The molecule has 4 rings (SSSR count). The molecule has 2 saturated heterocycles. The summed E-state index contributed by atoms with van der Waals surface area (Å²) in [4.78, 5) is 11.7.